The lowest BCUT2D eigenvalue weighted by Crippen LogP contribution is -2.51. The number of fused-ring (bicyclic) bond motifs is 2. The summed E-state index contributed by atoms with van der Waals surface area (Å²) >= 11 is 0. The maximum Gasteiger partial charge on any atom is 0.251 e. The van der Waals surface area contributed by atoms with Gasteiger partial charge in [0.25, 0.3) is 5.91 Å². The Balaban J connectivity index is 1.24. The monoisotopic (exact) mass is 359 g/mol. The van der Waals surface area contributed by atoms with Gasteiger partial charge in [0.1, 0.15) is 0 Å². The van der Waals surface area contributed by atoms with Gasteiger partial charge in [-0.1, -0.05) is 24.3 Å². The van der Waals surface area contributed by atoms with Gasteiger partial charge >= 0.3 is 0 Å². The second-order valence-electron chi connectivity index (χ2n) is 7.92. The van der Waals surface area contributed by atoms with Crippen LogP contribution in [0.15, 0.2) is 54.7 Å². The number of aromatic nitrogens is 1. The number of carbonyl (C=O) groups is 1. The van der Waals surface area contributed by atoms with Crippen molar-refractivity contribution in [2.45, 2.75) is 37.8 Å². The molecule has 5 rings (SSSR count). The molecule has 2 heterocycles. The van der Waals surface area contributed by atoms with Crippen molar-refractivity contribution in [2.75, 3.05) is 13.1 Å². The summed E-state index contributed by atoms with van der Waals surface area (Å²) in [6.45, 7) is 2.09. The van der Waals surface area contributed by atoms with E-state index in [9.17, 15) is 4.79 Å². The molecule has 0 saturated carbocycles. The molecule has 2 aliphatic rings. The van der Waals surface area contributed by atoms with Crippen LogP contribution in [0.25, 0.3) is 10.9 Å². The van der Waals surface area contributed by atoms with E-state index < -0.39 is 0 Å². The number of nitrogens with one attached hydrogen (secondary N) is 2. The van der Waals surface area contributed by atoms with Gasteiger partial charge in [-0.25, -0.2) is 0 Å². The molecule has 3 aromatic rings. The normalized spacial score (nSPS) is 20.7. The van der Waals surface area contributed by atoms with Crippen LogP contribution < -0.4 is 5.32 Å². The largest absolute Gasteiger partial charge is 0.361 e. The van der Waals surface area contributed by atoms with Crippen molar-refractivity contribution >= 4 is 16.8 Å². The van der Waals surface area contributed by atoms with Crippen molar-refractivity contribution in [3.63, 3.8) is 0 Å². The molecular formula is C23H25N3O. The van der Waals surface area contributed by atoms with Crippen LogP contribution in [-0.4, -0.2) is 41.0 Å². The maximum atomic E-state index is 12.7. The molecule has 1 aliphatic carbocycles. The molecule has 138 valence electrons. The van der Waals surface area contributed by atoms with Crippen LogP contribution in [0.2, 0.25) is 0 Å². The summed E-state index contributed by atoms with van der Waals surface area (Å²) in [6, 6.07) is 17.5. The zero-order valence-corrected chi connectivity index (χ0v) is 15.4. The van der Waals surface area contributed by atoms with Gasteiger partial charge in [0.2, 0.25) is 0 Å². The number of amides is 1. The molecule has 1 aliphatic heterocycles. The van der Waals surface area contributed by atoms with Gasteiger partial charge < -0.3 is 10.3 Å². The van der Waals surface area contributed by atoms with E-state index in [4.69, 9.17) is 0 Å². The van der Waals surface area contributed by atoms with Crippen LogP contribution >= 0.6 is 0 Å². The molecular weight excluding hydrogens is 334 g/mol. The molecule has 1 unspecified atom stereocenters. The molecule has 1 amide bonds. The molecule has 1 aromatic heterocycles. The Morgan fingerprint density at radius 3 is 2.70 bits per heavy atom. The van der Waals surface area contributed by atoms with Crippen molar-refractivity contribution in [1.29, 1.82) is 0 Å². The molecule has 27 heavy (non-hydrogen) atoms. The fourth-order valence-corrected chi connectivity index (χ4v) is 4.71. The van der Waals surface area contributed by atoms with Crippen LogP contribution in [0.3, 0.4) is 0 Å². The molecule has 4 nitrogen and oxygen atoms in total. The first-order valence-electron chi connectivity index (χ1n) is 9.95. The number of H-pyrrole nitrogens is 1. The Labute approximate surface area is 159 Å². The summed E-state index contributed by atoms with van der Waals surface area (Å²) in [7, 11) is 0. The highest BCUT2D eigenvalue weighted by atomic mass is 16.1. The smallest absolute Gasteiger partial charge is 0.251 e. The first-order valence-corrected chi connectivity index (χ1v) is 9.95. The SMILES string of the molecule is O=C(NC1CCCN(C2Cc3ccccc3C2)C1)c1ccc2[nH]ccc2c1. The highest BCUT2D eigenvalue weighted by Crippen LogP contribution is 2.27. The van der Waals surface area contributed by atoms with Crippen molar-refractivity contribution in [3.05, 3.63) is 71.4 Å². The van der Waals surface area contributed by atoms with Crippen molar-refractivity contribution < 1.29 is 4.79 Å². The lowest BCUT2D eigenvalue weighted by Gasteiger charge is -2.37. The molecule has 2 N–H and O–H groups in total. The molecule has 0 spiro atoms. The number of hydrogen-bond acceptors (Lipinski definition) is 2. The van der Waals surface area contributed by atoms with E-state index in [1.54, 1.807) is 0 Å². The zero-order valence-electron chi connectivity index (χ0n) is 15.4. The lowest BCUT2D eigenvalue weighted by molar-refractivity contribution is 0.0876. The zero-order chi connectivity index (χ0) is 18.2. The molecule has 4 heteroatoms. The van der Waals surface area contributed by atoms with Gasteiger partial charge in [-0.3, -0.25) is 9.69 Å². The molecule has 1 atom stereocenters. The molecule has 2 aromatic carbocycles. The standard InChI is InChI=1S/C23H25N3O/c27-23(19-7-8-22-18(12-19)9-10-24-22)25-20-6-3-11-26(15-20)21-13-16-4-1-2-5-17(16)14-21/h1-2,4-5,7-10,12,20-21,24H,3,6,11,13-15H2,(H,25,27). The number of piperidine rings is 1. The van der Waals surface area contributed by atoms with Crippen molar-refractivity contribution in [1.82, 2.24) is 15.2 Å². The number of hydrogen-bond donors (Lipinski definition) is 2. The molecule has 1 fully saturated rings. The van der Waals surface area contributed by atoms with E-state index in [1.807, 2.05) is 30.5 Å². The highest BCUT2D eigenvalue weighted by Gasteiger charge is 2.30. The fourth-order valence-electron chi connectivity index (χ4n) is 4.71. The number of likely N-dealkylation sites (tertiary alicyclic amines) is 1. The van der Waals surface area contributed by atoms with Gasteiger partial charge in [0.05, 0.1) is 0 Å². The van der Waals surface area contributed by atoms with Crippen LogP contribution in [0.4, 0.5) is 0 Å². The second-order valence-corrected chi connectivity index (χ2v) is 7.92. The maximum absolute atomic E-state index is 12.7. The van der Waals surface area contributed by atoms with E-state index >= 15 is 0 Å². The third kappa shape index (κ3) is 3.26. The predicted octanol–water partition coefficient (Wildman–Crippen LogP) is 3.53. The molecule has 1 saturated heterocycles. The average Bonchev–Trinajstić information content (AvgIpc) is 3.34. The van der Waals surface area contributed by atoms with E-state index in [0.717, 1.165) is 55.2 Å². The van der Waals surface area contributed by atoms with E-state index in [-0.39, 0.29) is 11.9 Å². The minimum absolute atomic E-state index is 0.0414. The quantitative estimate of drug-likeness (QED) is 0.752. The van der Waals surface area contributed by atoms with E-state index in [0.29, 0.717) is 6.04 Å². The summed E-state index contributed by atoms with van der Waals surface area (Å²) < 4.78 is 0. The molecule has 0 radical (unpaired) electrons. The van der Waals surface area contributed by atoms with Gasteiger partial charge in [-0.15, -0.1) is 0 Å². The predicted molar refractivity (Wildman–Crippen MR) is 108 cm³/mol. The van der Waals surface area contributed by atoms with Crippen LogP contribution in [0.5, 0.6) is 0 Å². The highest BCUT2D eigenvalue weighted by molar-refractivity contribution is 5.98. The minimum atomic E-state index is 0.0414. The summed E-state index contributed by atoms with van der Waals surface area (Å²) in [5.74, 6) is 0.0414. The number of carbonyl (C=O) groups excluding carboxylic acids is 1. The van der Waals surface area contributed by atoms with Crippen LogP contribution in [0.1, 0.15) is 34.3 Å². The summed E-state index contributed by atoms with van der Waals surface area (Å²) in [4.78, 5) is 18.5. The number of rotatable bonds is 3. The van der Waals surface area contributed by atoms with Gasteiger partial charge in [0, 0.05) is 41.3 Å². The van der Waals surface area contributed by atoms with Crippen molar-refractivity contribution in [3.8, 4) is 0 Å². The first kappa shape index (κ1) is 16.6. The minimum Gasteiger partial charge on any atom is -0.361 e. The number of benzene rings is 2. The summed E-state index contributed by atoms with van der Waals surface area (Å²) in [5.41, 5.74) is 4.80. The van der Waals surface area contributed by atoms with Gasteiger partial charge in [-0.2, -0.15) is 0 Å². The first-order chi connectivity index (χ1) is 13.3. The Morgan fingerprint density at radius 1 is 1.07 bits per heavy atom. The Hall–Kier alpha value is -2.59. The Morgan fingerprint density at radius 2 is 1.89 bits per heavy atom. The topological polar surface area (TPSA) is 48.1 Å². The third-order valence-electron chi connectivity index (χ3n) is 6.15. The van der Waals surface area contributed by atoms with E-state index in [1.165, 1.54) is 11.1 Å². The number of aromatic amines is 1. The van der Waals surface area contributed by atoms with Gasteiger partial charge in [0.15, 0.2) is 0 Å². The van der Waals surface area contributed by atoms with Crippen molar-refractivity contribution in [2.24, 2.45) is 0 Å². The Kier molecular flexibility index (Phi) is 4.21. The summed E-state index contributed by atoms with van der Waals surface area (Å²) in [6.07, 6.45) is 6.40. The van der Waals surface area contributed by atoms with Crippen LogP contribution in [-0.2, 0) is 12.8 Å². The van der Waals surface area contributed by atoms with Gasteiger partial charge in [-0.05, 0) is 67.6 Å². The second kappa shape index (κ2) is 6.86. The summed E-state index contributed by atoms with van der Waals surface area (Å²) in [5, 5.41) is 4.36. The van der Waals surface area contributed by atoms with Crippen LogP contribution in [0, 0.1) is 0 Å². The number of nitrogens with zero attached hydrogens (tertiary/aromatic N) is 1. The Bertz CT molecular complexity index is 951. The fraction of sp³-hybridized carbons (Fsp3) is 0.348. The third-order valence-corrected chi connectivity index (χ3v) is 6.15. The average molecular weight is 359 g/mol. The lowest BCUT2D eigenvalue weighted by atomic mass is 10.0. The van der Waals surface area contributed by atoms with E-state index in [2.05, 4.69) is 39.5 Å². The molecule has 0 bridgehead atoms.